The van der Waals surface area contributed by atoms with Gasteiger partial charge >= 0.3 is 0 Å². The normalized spacial score (nSPS) is 8.67. The maximum Gasteiger partial charge on any atom is 0.191 e. The highest BCUT2D eigenvalue weighted by Crippen LogP contribution is 1.59. The second-order valence-corrected chi connectivity index (χ2v) is 1.32. The van der Waals surface area contributed by atoms with Crippen molar-refractivity contribution in [2.24, 2.45) is 0 Å². The largest absolute Gasteiger partial charge is 0.376 e. The average molecular weight is 133 g/mol. The SMILES string of the molecule is COCNC(=N)NCO. The lowest BCUT2D eigenvalue weighted by molar-refractivity contribution is 0.189. The summed E-state index contributed by atoms with van der Waals surface area (Å²) in [5, 5.41) is 20.0. The zero-order chi connectivity index (χ0) is 7.11. The second-order valence-electron chi connectivity index (χ2n) is 1.32. The number of hydrogen-bond acceptors (Lipinski definition) is 3. The highest BCUT2D eigenvalue weighted by Gasteiger charge is 1.87. The van der Waals surface area contributed by atoms with Crippen molar-refractivity contribution in [2.45, 2.75) is 0 Å². The number of ether oxygens (including phenoxy) is 1. The summed E-state index contributed by atoms with van der Waals surface area (Å²) in [4.78, 5) is 0. The van der Waals surface area contributed by atoms with Gasteiger partial charge in [-0.2, -0.15) is 0 Å². The molecule has 0 aliphatic rings. The molecule has 9 heavy (non-hydrogen) atoms. The van der Waals surface area contributed by atoms with Crippen LogP contribution in [0.2, 0.25) is 0 Å². The molecule has 0 spiro atoms. The first-order valence-corrected chi connectivity index (χ1v) is 2.47. The highest BCUT2D eigenvalue weighted by molar-refractivity contribution is 5.75. The van der Waals surface area contributed by atoms with E-state index in [-0.39, 0.29) is 19.4 Å². The second kappa shape index (κ2) is 5.33. The summed E-state index contributed by atoms with van der Waals surface area (Å²) >= 11 is 0. The summed E-state index contributed by atoms with van der Waals surface area (Å²) in [6.45, 7) is 0.0291. The van der Waals surface area contributed by atoms with E-state index in [9.17, 15) is 0 Å². The van der Waals surface area contributed by atoms with Crippen molar-refractivity contribution in [2.75, 3.05) is 20.6 Å². The van der Waals surface area contributed by atoms with Crippen LogP contribution in [0.4, 0.5) is 0 Å². The van der Waals surface area contributed by atoms with E-state index in [1.54, 1.807) is 0 Å². The lowest BCUT2D eigenvalue weighted by Crippen LogP contribution is -2.37. The monoisotopic (exact) mass is 133 g/mol. The fourth-order valence-corrected chi connectivity index (χ4v) is 0.286. The number of aliphatic hydroxyl groups excluding tert-OH is 1. The van der Waals surface area contributed by atoms with Gasteiger partial charge in [0.25, 0.3) is 0 Å². The third-order valence-corrected chi connectivity index (χ3v) is 0.649. The van der Waals surface area contributed by atoms with Crippen LogP contribution in [0, 0.1) is 5.41 Å². The predicted molar refractivity (Wildman–Crippen MR) is 33.0 cm³/mol. The smallest absolute Gasteiger partial charge is 0.191 e. The molecule has 0 fully saturated rings. The van der Waals surface area contributed by atoms with Gasteiger partial charge in [0, 0.05) is 7.11 Å². The minimum absolute atomic E-state index is 0.0550. The number of hydrogen-bond donors (Lipinski definition) is 4. The Morgan fingerprint density at radius 3 is 2.78 bits per heavy atom. The molecule has 0 saturated carbocycles. The Balaban J connectivity index is 3.06. The van der Waals surface area contributed by atoms with Crippen LogP contribution in [0.3, 0.4) is 0 Å². The third-order valence-electron chi connectivity index (χ3n) is 0.649. The molecule has 5 nitrogen and oxygen atoms in total. The first-order chi connectivity index (χ1) is 4.31. The fourth-order valence-electron chi connectivity index (χ4n) is 0.286. The highest BCUT2D eigenvalue weighted by atomic mass is 16.5. The first kappa shape index (κ1) is 8.19. The van der Waals surface area contributed by atoms with Crippen LogP contribution in [0.25, 0.3) is 0 Å². The fraction of sp³-hybridized carbons (Fsp3) is 0.750. The molecule has 54 valence electrons. The third kappa shape index (κ3) is 5.05. The average Bonchev–Trinajstić information content (AvgIpc) is 1.85. The number of guanidine groups is 1. The zero-order valence-corrected chi connectivity index (χ0v) is 5.27. The topological polar surface area (TPSA) is 77.4 Å². The summed E-state index contributed by atoms with van der Waals surface area (Å²) in [6, 6.07) is 0. The molecular formula is C4H11N3O2. The van der Waals surface area contributed by atoms with Gasteiger partial charge in [-0.3, -0.25) is 5.41 Å². The molecule has 0 rings (SSSR count). The molecule has 0 bridgehead atoms. The van der Waals surface area contributed by atoms with Crippen LogP contribution in [0.15, 0.2) is 0 Å². The summed E-state index contributed by atoms with van der Waals surface area (Å²) in [5.74, 6) is 0.0550. The Labute approximate surface area is 53.5 Å². The molecule has 0 aromatic heterocycles. The maximum absolute atomic E-state index is 8.20. The van der Waals surface area contributed by atoms with Gasteiger partial charge in [0.15, 0.2) is 5.96 Å². The number of nitrogens with one attached hydrogen (secondary N) is 3. The lowest BCUT2D eigenvalue weighted by atomic mass is 10.9. The number of methoxy groups -OCH3 is 1. The Morgan fingerprint density at radius 1 is 1.67 bits per heavy atom. The molecule has 0 saturated heterocycles. The van der Waals surface area contributed by atoms with E-state index in [1.165, 1.54) is 7.11 Å². The van der Waals surface area contributed by atoms with Gasteiger partial charge in [0.1, 0.15) is 13.5 Å². The van der Waals surface area contributed by atoms with Crippen molar-refractivity contribution in [3.8, 4) is 0 Å². The molecule has 0 aliphatic carbocycles. The van der Waals surface area contributed by atoms with Crippen LogP contribution in [-0.4, -0.2) is 31.6 Å². The van der Waals surface area contributed by atoms with Gasteiger partial charge in [-0.15, -0.1) is 0 Å². The molecule has 0 heterocycles. The van der Waals surface area contributed by atoms with E-state index in [1.807, 2.05) is 0 Å². The van der Waals surface area contributed by atoms with Crippen molar-refractivity contribution < 1.29 is 9.84 Å². The minimum Gasteiger partial charge on any atom is -0.376 e. The van der Waals surface area contributed by atoms with Crippen LogP contribution >= 0.6 is 0 Å². The predicted octanol–water partition coefficient (Wildman–Crippen LogP) is -1.35. The van der Waals surface area contributed by atoms with Gasteiger partial charge in [-0.25, -0.2) is 0 Å². The van der Waals surface area contributed by atoms with Gasteiger partial charge in [-0.1, -0.05) is 0 Å². The Morgan fingerprint density at radius 2 is 2.33 bits per heavy atom. The molecule has 0 amide bonds. The molecule has 4 N–H and O–H groups in total. The van der Waals surface area contributed by atoms with E-state index in [2.05, 4.69) is 15.4 Å². The molecule has 0 radical (unpaired) electrons. The van der Waals surface area contributed by atoms with Crippen LogP contribution < -0.4 is 10.6 Å². The Kier molecular flexibility index (Phi) is 4.85. The summed E-state index contributed by atoms with van der Waals surface area (Å²) < 4.78 is 4.59. The van der Waals surface area contributed by atoms with E-state index < -0.39 is 0 Å². The molecule has 0 aromatic carbocycles. The van der Waals surface area contributed by atoms with Crippen LogP contribution in [0.1, 0.15) is 0 Å². The van der Waals surface area contributed by atoms with Crippen molar-refractivity contribution in [1.29, 1.82) is 5.41 Å². The molecular weight excluding hydrogens is 122 g/mol. The van der Waals surface area contributed by atoms with Crippen molar-refractivity contribution >= 4 is 5.96 Å². The Hall–Kier alpha value is -0.810. The molecule has 0 aliphatic heterocycles. The van der Waals surface area contributed by atoms with Gasteiger partial charge < -0.3 is 20.5 Å². The van der Waals surface area contributed by atoms with Gasteiger partial charge in [0.05, 0.1) is 0 Å². The minimum atomic E-state index is -0.241. The standard InChI is InChI=1S/C4H11N3O2/c1-9-3-7-4(5)6-2-8/h8H,2-3H2,1H3,(H3,5,6,7). The van der Waals surface area contributed by atoms with Crippen molar-refractivity contribution in [1.82, 2.24) is 10.6 Å². The van der Waals surface area contributed by atoms with Crippen LogP contribution in [-0.2, 0) is 4.74 Å². The van der Waals surface area contributed by atoms with Gasteiger partial charge in [0.2, 0.25) is 0 Å². The number of rotatable bonds is 3. The first-order valence-electron chi connectivity index (χ1n) is 2.47. The van der Waals surface area contributed by atoms with E-state index in [0.717, 1.165) is 0 Å². The molecule has 0 atom stereocenters. The van der Waals surface area contributed by atoms with E-state index >= 15 is 0 Å². The van der Waals surface area contributed by atoms with Crippen LogP contribution in [0.5, 0.6) is 0 Å². The van der Waals surface area contributed by atoms with Crippen molar-refractivity contribution in [3.63, 3.8) is 0 Å². The summed E-state index contributed by atoms with van der Waals surface area (Å²) in [7, 11) is 1.51. The molecule has 5 heteroatoms. The zero-order valence-electron chi connectivity index (χ0n) is 5.27. The summed E-state index contributed by atoms with van der Waals surface area (Å²) in [5.41, 5.74) is 0. The maximum atomic E-state index is 8.20. The quantitative estimate of drug-likeness (QED) is 0.218. The van der Waals surface area contributed by atoms with Gasteiger partial charge in [-0.05, 0) is 0 Å². The summed E-state index contributed by atoms with van der Waals surface area (Å²) in [6.07, 6.45) is 0. The number of aliphatic hydroxyl groups is 1. The Bertz CT molecular complexity index is 85.9. The molecule has 0 aromatic rings. The van der Waals surface area contributed by atoms with E-state index in [4.69, 9.17) is 10.5 Å². The van der Waals surface area contributed by atoms with Crippen molar-refractivity contribution in [3.05, 3.63) is 0 Å². The molecule has 0 unspecified atom stereocenters. The van der Waals surface area contributed by atoms with E-state index in [0.29, 0.717) is 0 Å². The lowest BCUT2D eigenvalue weighted by Gasteiger charge is -2.05.